The maximum atomic E-state index is 12.6. The van der Waals surface area contributed by atoms with Crippen LogP contribution in [0.3, 0.4) is 0 Å². The molecule has 0 aliphatic carbocycles. The Kier molecular flexibility index (Phi) is 5.66. The maximum Gasteiger partial charge on any atom is 0.227 e. The van der Waals surface area contributed by atoms with Crippen molar-refractivity contribution in [3.8, 4) is 0 Å². The summed E-state index contributed by atoms with van der Waals surface area (Å²) < 4.78 is 0. The van der Waals surface area contributed by atoms with Crippen LogP contribution in [-0.4, -0.2) is 23.3 Å². The zero-order valence-electron chi connectivity index (χ0n) is 15.3. The Hall–Kier alpha value is -2.69. The first-order valence-electron chi connectivity index (χ1n) is 9.16. The van der Waals surface area contributed by atoms with E-state index in [1.165, 1.54) is 5.56 Å². The third kappa shape index (κ3) is 3.93. The Morgan fingerprint density at radius 1 is 1.27 bits per heavy atom. The summed E-state index contributed by atoms with van der Waals surface area (Å²) in [6.07, 6.45) is 4.67. The molecule has 1 fully saturated rings. The topological polar surface area (TPSA) is 62.3 Å². The molecule has 1 aromatic heterocycles. The summed E-state index contributed by atoms with van der Waals surface area (Å²) in [7, 11) is 0. The number of amides is 2. The van der Waals surface area contributed by atoms with Gasteiger partial charge in [-0.1, -0.05) is 32.0 Å². The summed E-state index contributed by atoms with van der Waals surface area (Å²) >= 11 is 0. The lowest BCUT2D eigenvalue weighted by Gasteiger charge is -2.23. The number of hydrogen-bond acceptors (Lipinski definition) is 3. The van der Waals surface area contributed by atoms with Crippen LogP contribution in [0.25, 0.3) is 0 Å². The van der Waals surface area contributed by atoms with E-state index in [0.29, 0.717) is 19.0 Å². The van der Waals surface area contributed by atoms with E-state index < -0.39 is 0 Å². The molecular weight excluding hydrogens is 326 g/mol. The van der Waals surface area contributed by atoms with Gasteiger partial charge in [-0.15, -0.1) is 0 Å². The third-order valence-electron chi connectivity index (χ3n) is 5.08. The molecule has 0 saturated carbocycles. The molecule has 1 aromatic carbocycles. The number of para-hydroxylation sites is 1. The van der Waals surface area contributed by atoms with Gasteiger partial charge in [0.05, 0.1) is 5.92 Å². The molecule has 0 spiro atoms. The molecule has 0 bridgehead atoms. The van der Waals surface area contributed by atoms with Crippen LogP contribution in [0.1, 0.15) is 43.7 Å². The zero-order valence-corrected chi connectivity index (χ0v) is 15.3. The number of benzene rings is 1. The second-order valence-electron chi connectivity index (χ2n) is 6.85. The van der Waals surface area contributed by atoms with Crippen molar-refractivity contribution in [2.24, 2.45) is 5.92 Å². The van der Waals surface area contributed by atoms with Gasteiger partial charge in [-0.05, 0) is 41.7 Å². The van der Waals surface area contributed by atoms with Crippen LogP contribution in [-0.2, 0) is 16.1 Å². The average molecular weight is 351 g/mol. The third-order valence-corrected chi connectivity index (χ3v) is 5.08. The molecule has 1 N–H and O–H groups in total. The van der Waals surface area contributed by atoms with Gasteiger partial charge in [0.25, 0.3) is 0 Å². The number of rotatable bonds is 6. The molecule has 1 aliphatic rings. The van der Waals surface area contributed by atoms with Crippen molar-refractivity contribution < 1.29 is 9.59 Å². The van der Waals surface area contributed by atoms with Crippen molar-refractivity contribution in [2.45, 2.75) is 39.2 Å². The first kappa shape index (κ1) is 18.1. The molecule has 1 aliphatic heterocycles. The number of nitrogens with zero attached hydrogens (tertiary/aromatic N) is 2. The molecule has 0 radical (unpaired) electrons. The van der Waals surface area contributed by atoms with E-state index in [-0.39, 0.29) is 24.2 Å². The fourth-order valence-corrected chi connectivity index (χ4v) is 3.32. The average Bonchev–Trinajstić information content (AvgIpc) is 3.08. The molecule has 136 valence electrons. The van der Waals surface area contributed by atoms with Crippen molar-refractivity contribution in [1.82, 2.24) is 10.3 Å². The summed E-state index contributed by atoms with van der Waals surface area (Å²) in [5.74, 6) is 0.0105. The number of hydrogen-bond donors (Lipinski definition) is 1. The number of pyridine rings is 1. The fraction of sp³-hybridized carbons (Fsp3) is 0.381. The summed E-state index contributed by atoms with van der Waals surface area (Å²) in [5.41, 5.74) is 3.11. The van der Waals surface area contributed by atoms with Gasteiger partial charge >= 0.3 is 0 Å². The van der Waals surface area contributed by atoms with Gasteiger partial charge in [-0.2, -0.15) is 0 Å². The molecule has 26 heavy (non-hydrogen) atoms. The summed E-state index contributed by atoms with van der Waals surface area (Å²) in [6.45, 7) is 5.20. The van der Waals surface area contributed by atoms with E-state index in [9.17, 15) is 9.59 Å². The van der Waals surface area contributed by atoms with Gasteiger partial charge in [0.1, 0.15) is 0 Å². The van der Waals surface area contributed by atoms with Crippen LogP contribution in [0, 0.1) is 5.92 Å². The maximum absolute atomic E-state index is 12.6. The van der Waals surface area contributed by atoms with Crippen molar-refractivity contribution in [3.63, 3.8) is 0 Å². The zero-order chi connectivity index (χ0) is 18.5. The largest absolute Gasteiger partial charge is 0.352 e. The molecule has 3 rings (SSSR count). The lowest BCUT2D eigenvalue weighted by atomic mass is 9.96. The van der Waals surface area contributed by atoms with Gasteiger partial charge in [-0.3, -0.25) is 14.6 Å². The minimum atomic E-state index is -0.311. The Balaban J connectivity index is 1.68. The highest BCUT2D eigenvalue weighted by Crippen LogP contribution is 2.33. The quantitative estimate of drug-likeness (QED) is 0.869. The van der Waals surface area contributed by atoms with Crippen LogP contribution >= 0.6 is 0 Å². The first-order chi connectivity index (χ1) is 12.6. The van der Waals surface area contributed by atoms with Crippen LogP contribution < -0.4 is 10.2 Å². The van der Waals surface area contributed by atoms with Crippen molar-refractivity contribution in [1.29, 1.82) is 0 Å². The van der Waals surface area contributed by atoms with Crippen LogP contribution in [0.4, 0.5) is 5.69 Å². The number of aromatic nitrogens is 1. The number of carbonyl (C=O) groups is 2. The molecule has 2 amide bonds. The second kappa shape index (κ2) is 8.13. The van der Waals surface area contributed by atoms with Crippen molar-refractivity contribution in [2.75, 3.05) is 11.4 Å². The molecule has 2 aromatic rings. The minimum absolute atomic E-state index is 0.0183. The predicted molar refractivity (Wildman–Crippen MR) is 102 cm³/mol. The molecule has 5 nitrogen and oxygen atoms in total. The standard InChI is InChI=1S/C21H25N3O2/c1-3-15(2)18-6-4-5-7-19(18)24-14-17(12-20(24)25)21(26)23-13-16-8-10-22-11-9-16/h4-11,15,17H,3,12-14H2,1-2H3,(H,23,26)/t15-,17-/m1/s1. The summed E-state index contributed by atoms with van der Waals surface area (Å²) in [6, 6.07) is 11.8. The lowest BCUT2D eigenvalue weighted by molar-refractivity contribution is -0.126. The normalized spacial score (nSPS) is 18.0. The molecule has 0 unspecified atom stereocenters. The Morgan fingerprint density at radius 2 is 2.00 bits per heavy atom. The molecule has 1 saturated heterocycles. The van der Waals surface area contributed by atoms with Gasteiger partial charge in [-0.25, -0.2) is 0 Å². The lowest BCUT2D eigenvalue weighted by Crippen LogP contribution is -2.32. The smallest absolute Gasteiger partial charge is 0.227 e. The van der Waals surface area contributed by atoms with E-state index in [1.807, 2.05) is 30.3 Å². The summed E-state index contributed by atoms with van der Waals surface area (Å²) in [4.78, 5) is 30.8. The Bertz CT molecular complexity index is 776. The van der Waals surface area contributed by atoms with E-state index in [4.69, 9.17) is 0 Å². The highest BCUT2D eigenvalue weighted by atomic mass is 16.2. The van der Waals surface area contributed by atoms with Gasteiger partial charge in [0.2, 0.25) is 11.8 Å². The van der Waals surface area contributed by atoms with E-state index in [0.717, 1.165) is 17.7 Å². The Labute approximate surface area is 154 Å². The predicted octanol–water partition coefficient (Wildman–Crippen LogP) is 3.26. The number of anilines is 1. The Morgan fingerprint density at radius 3 is 2.73 bits per heavy atom. The van der Waals surface area contributed by atoms with Crippen LogP contribution in [0.2, 0.25) is 0 Å². The van der Waals surface area contributed by atoms with Gasteiger partial charge < -0.3 is 10.2 Å². The van der Waals surface area contributed by atoms with E-state index in [1.54, 1.807) is 17.3 Å². The highest BCUT2D eigenvalue weighted by molar-refractivity contribution is 6.00. The van der Waals surface area contributed by atoms with Gasteiger partial charge in [0.15, 0.2) is 0 Å². The van der Waals surface area contributed by atoms with Crippen LogP contribution in [0.5, 0.6) is 0 Å². The second-order valence-corrected chi connectivity index (χ2v) is 6.85. The highest BCUT2D eigenvalue weighted by Gasteiger charge is 2.36. The van der Waals surface area contributed by atoms with Crippen molar-refractivity contribution >= 4 is 17.5 Å². The van der Waals surface area contributed by atoms with Crippen LogP contribution in [0.15, 0.2) is 48.8 Å². The first-order valence-corrected chi connectivity index (χ1v) is 9.16. The fourth-order valence-electron chi connectivity index (χ4n) is 3.32. The summed E-state index contributed by atoms with van der Waals surface area (Å²) in [5, 5.41) is 2.94. The van der Waals surface area contributed by atoms with Crippen molar-refractivity contribution in [3.05, 3.63) is 59.9 Å². The molecule has 2 atom stereocenters. The number of carbonyl (C=O) groups excluding carboxylic acids is 2. The SMILES string of the molecule is CC[C@@H](C)c1ccccc1N1C[C@H](C(=O)NCc2ccncc2)CC1=O. The van der Waals surface area contributed by atoms with Gasteiger partial charge in [0, 0.05) is 37.6 Å². The monoisotopic (exact) mass is 351 g/mol. The number of nitrogens with one attached hydrogen (secondary N) is 1. The van der Waals surface area contributed by atoms with E-state index >= 15 is 0 Å². The molecular formula is C21H25N3O2. The van der Waals surface area contributed by atoms with E-state index in [2.05, 4.69) is 30.2 Å². The minimum Gasteiger partial charge on any atom is -0.352 e. The molecule has 2 heterocycles. The molecule has 5 heteroatoms.